The molecule has 434 valence electrons. The summed E-state index contributed by atoms with van der Waals surface area (Å²) in [7, 11) is 0. The summed E-state index contributed by atoms with van der Waals surface area (Å²) < 4.78 is 5.49. The van der Waals surface area contributed by atoms with Crippen LogP contribution in [0.5, 0.6) is 0 Å². The maximum Gasteiger partial charge on any atom is 0.305 e. The first kappa shape index (κ1) is 71.6. The van der Waals surface area contributed by atoms with Gasteiger partial charge in [-0.05, 0) is 51.4 Å². The van der Waals surface area contributed by atoms with E-state index in [-0.39, 0.29) is 18.5 Å². The summed E-state index contributed by atoms with van der Waals surface area (Å²) >= 11 is 0. The van der Waals surface area contributed by atoms with E-state index in [4.69, 9.17) is 4.74 Å². The fourth-order valence-electron chi connectivity index (χ4n) is 10.7. The topological polar surface area (TPSA) is 95.9 Å². The van der Waals surface area contributed by atoms with Crippen LogP contribution in [0.2, 0.25) is 0 Å². The Kier molecular flexibility index (Phi) is 61.9. The highest BCUT2D eigenvalue weighted by atomic mass is 16.5. The SMILES string of the molecule is CCCCCCCCC/C=C\CCCCCCCC(=O)OCCCCCCCCCCCCCCCCCCCC(=O)NC(CO)C(O)CCCCCCCCCCCCCCCCCCCCCCCCC. The number of hydrogen-bond acceptors (Lipinski definition) is 5. The van der Waals surface area contributed by atoms with E-state index in [2.05, 4.69) is 31.3 Å². The van der Waals surface area contributed by atoms with Gasteiger partial charge in [-0.3, -0.25) is 9.59 Å². The molecule has 0 fully saturated rings. The molecule has 0 bridgehead atoms. The number of allylic oxidation sites excluding steroid dienone is 2. The number of hydrogen-bond donors (Lipinski definition) is 3. The van der Waals surface area contributed by atoms with E-state index in [0.29, 0.717) is 25.9 Å². The number of aliphatic hydroxyl groups excluding tert-OH is 2. The predicted molar refractivity (Wildman–Crippen MR) is 320 cm³/mol. The zero-order valence-corrected chi connectivity index (χ0v) is 49.6. The maximum atomic E-state index is 12.5. The molecule has 6 heteroatoms. The summed E-state index contributed by atoms with van der Waals surface area (Å²) in [6.07, 6.45) is 76.6. The molecule has 0 heterocycles. The van der Waals surface area contributed by atoms with Crippen LogP contribution in [-0.4, -0.2) is 47.4 Å². The van der Waals surface area contributed by atoms with Gasteiger partial charge in [0, 0.05) is 12.8 Å². The standard InChI is InChI=1S/C67H131NO5/c1-3-5-7-9-11-13-15-17-19-21-22-23-24-25-26-28-31-35-39-43-47-51-55-59-65(70)64(63-69)68-66(71)60-56-52-48-44-40-36-32-29-27-30-34-38-42-46-50-54-58-62-73-67(72)61-57-53-49-45-41-37-33-20-18-16-14-12-10-8-6-4-2/h20,33,64-65,69-70H,3-19,21-32,34-63H2,1-2H3,(H,68,71)/b33-20-. The summed E-state index contributed by atoms with van der Waals surface area (Å²) in [5, 5.41) is 23.4. The number of carbonyl (C=O) groups excluding carboxylic acids is 2. The van der Waals surface area contributed by atoms with Crippen molar-refractivity contribution in [1.29, 1.82) is 0 Å². The zero-order valence-electron chi connectivity index (χ0n) is 49.6. The van der Waals surface area contributed by atoms with E-state index in [1.807, 2.05) is 0 Å². The molecular weight excluding hydrogens is 899 g/mol. The van der Waals surface area contributed by atoms with Gasteiger partial charge >= 0.3 is 5.97 Å². The summed E-state index contributed by atoms with van der Waals surface area (Å²) in [6, 6.07) is -0.546. The van der Waals surface area contributed by atoms with Gasteiger partial charge in [0.1, 0.15) is 0 Å². The van der Waals surface area contributed by atoms with Gasteiger partial charge in [-0.1, -0.05) is 328 Å². The molecule has 0 aliphatic heterocycles. The van der Waals surface area contributed by atoms with Crippen molar-refractivity contribution in [2.24, 2.45) is 0 Å². The number of carbonyl (C=O) groups is 2. The van der Waals surface area contributed by atoms with Gasteiger partial charge in [0.05, 0.1) is 25.4 Å². The van der Waals surface area contributed by atoms with Crippen molar-refractivity contribution >= 4 is 11.9 Å². The Bertz CT molecular complexity index is 1100. The van der Waals surface area contributed by atoms with Crippen LogP contribution >= 0.6 is 0 Å². The smallest absolute Gasteiger partial charge is 0.305 e. The predicted octanol–water partition coefficient (Wildman–Crippen LogP) is 21.2. The Morgan fingerprint density at radius 2 is 0.644 bits per heavy atom. The van der Waals surface area contributed by atoms with Crippen LogP contribution in [0, 0.1) is 0 Å². The number of nitrogens with one attached hydrogen (secondary N) is 1. The Balaban J connectivity index is 3.40. The monoisotopic (exact) mass is 1030 g/mol. The number of unbranched alkanes of at least 4 members (excludes halogenated alkanes) is 50. The molecule has 0 aromatic rings. The van der Waals surface area contributed by atoms with Crippen LogP contribution in [-0.2, 0) is 14.3 Å². The molecule has 0 aromatic heterocycles. The molecule has 0 saturated heterocycles. The van der Waals surface area contributed by atoms with Gasteiger partial charge in [0.15, 0.2) is 0 Å². The zero-order chi connectivity index (χ0) is 52.9. The third kappa shape index (κ3) is 59.7. The second-order valence-corrected chi connectivity index (χ2v) is 23.2. The lowest BCUT2D eigenvalue weighted by Crippen LogP contribution is -2.45. The van der Waals surface area contributed by atoms with Crippen molar-refractivity contribution in [2.75, 3.05) is 13.2 Å². The van der Waals surface area contributed by atoms with Crippen molar-refractivity contribution in [1.82, 2.24) is 5.32 Å². The van der Waals surface area contributed by atoms with E-state index >= 15 is 0 Å². The Morgan fingerprint density at radius 3 is 0.973 bits per heavy atom. The summed E-state index contributed by atoms with van der Waals surface area (Å²) in [4.78, 5) is 24.6. The van der Waals surface area contributed by atoms with Gasteiger partial charge < -0.3 is 20.3 Å². The second kappa shape index (κ2) is 63.1. The normalized spacial score (nSPS) is 12.5. The molecule has 73 heavy (non-hydrogen) atoms. The highest BCUT2D eigenvalue weighted by molar-refractivity contribution is 5.76. The van der Waals surface area contributed by atoms with E-state index < -0.39 is 12.1 Å². The van der Waals surface area contributed by atoms with Crippen LogP contribution < -0.4 is 5.32 Å². The second-order valence-electron chi connectivity index (χ2n) is 23.2. The van der Waals surface area contributed by atoms with Crippen LogP contribution in [0.15, 0.2) is 12.2 Å². The fraction of sp³-hybridized carbons (Fsp3) is 0.940. The first-order valence-electron chi connectivity index (χ1n) is 33.4. The van der Waals surface area contributed by atoms with Crippen LogP contribution in [0.3, 0.4) is 0 Å². The molecule has 0 spiro atoms. The molecule has 6 nitrogen and oxygen atoms in total. The number of rotatable bonds is 63. The summed E-state index contributed by atoms with van der Waals surface area (Å²) in [5.41, 5.74) is 0. The molecule has 2 atom stereocenters. The largest absolute Gasteiger partial charge is 0.466 e. The minimum atomic E-state index is -0.669. The quantitative estimate of drug-likeness (QED) is 0.0320. The van der Waals surface area contributed by atoms with Crippen molar-refractivity contribution in [3.8, 4) is 0 Å². The third-order valence-corrected chi connectivity index (χ3v) is 15.8. The lowest BCUT2D eigenvalue weighted by Gasteiger charge is -2.22. The highest BCUT2D eigenvalue weighted by Crippen LogP contribution is 2.19. The van der Waals surface area contributed by atoms with E-state index in [1.165, 1.54) is 302 Å². The highest BCUT2D eigenvalue weighted by Gasteiger charge is 2.20. The van der Waals surface area contributed by atoms with Crippen LogP contribution in [0.1, 0.15) is 380 Å². The Hall–Kier alpha value is -1.40. The van der Waals surface area contributed by atoms with Crippen LogP contribution in [0.25, 0.3) is 0 Å². The van der Waals surface area contributed by atoms with Gasteiger partial charge in [-0.15, -0.1) is 0 Å². The minimum absolute atomic E-state index is 0.000606. The van der Waals surface area contributed by atoms with E-state index in [1.54, 1.807) is 0 Å². The number of esters is 1. The van der Waals surface area contributed by atoms with Crippen molar-refractivity contribution in [2.45, 2.75) is 392 Å². The average Bonchev–Trinajstić information content (AvgIpc) is 3.39. The molecule has 3 N–H and O–H groups in total. The molecule has 0 aliphatic carbocycles. The lowest BCUT2D eigenvalue weighted by molar-refractivity contribution is -0.143. The number of ether oxygens (including phenoxy) is 1. The number of aliphatic hydroxyl groups is 2. The Labute approximate surface area is 457 Å². The van der Waals surface area contributed by atoms with Gasteiger partial charge in [0.2, 0.25) is 5.91 Å². The summed E-state index contributed by atoms with van der Waals surface area (Å²) in [5.74, 6) is -0.0363. The maximum absolute atomic E-state index is 12.5. The average molecular weight is 1030 g/mol. The molecule has 2 unspecified atom stereocenters. The molecule has 0 aliphatic rings. The van der Waals surface area contributed by atoms with Crippen molar-refractivity contribution in [3.05, 3.63) is 12.2 Å². The fourth-order valence-corrected chi connectivity index (χ4v) is 10.7. The third-order valence-electron chi connectivity index (χ3n) is 15.8. The lowest BCUT2D eigenvalue weighted by atomic mass is 10.0. The van der Waals surface area contributed by atoms with E-state index in [9.17, 15) is 19.8 Å². The molecule has 0 aromatic carbocycles. The molecular formula is C67H131NO5. The molecule has 0 saturated carbocycles. The summed E-state index contributed by atoms with van der Waals surface area (Å²) in [6.45, 7) is 4.97. The molecule has 1 amide bonds. The van der Waals surface area contributed by atoms with Gasteiger partial charge in [-0.2, -0.15) is 0 Å². The van der Waals surface area contributed by atoms with Crippen molar-refractivity contribution < 1.29 is 24.5 Å². The van der Waals surface area contributed by atoms with E-state index in [0.717, 1.165) is 44.9 Å². The first-order chi connectivity index (χ1) is 36.0. The number of amides is 1. The first-order valence-corrected chi connectivity index (χ1v) is 33.4. The molecule has 0 rings (SSSR count). The Morgan fingerprint density at radius 1 is 0.370 bits per heavy atom. The van der Waals surface area contributed by atoms with Gasteiger partial charge in [0.25, 0.3) is 0 Å². The molecule has 0 radical (unpaired) electrons. The van der Waals surface area contributed by atoms with Crippen molar-refractivity contribution in [3.63, 3.8) is 0 Å². The van der Waals surface area contributed by atoms with Gasteiger partial charge in [-0.25, -0.2) is 0 Å². The minimum Gasteiger partial charge on any atom is -0.466 e. The van der Waals surface area contributed by atoms with Crippen LogP contribution in [0.4, 0.5) is 0 Å².